The number of ether oxygens (including phenoxy) is 1. The maximum Gasteiger partial charge on any atom is 0.320 e. The van der Waals surface area contributed by atoms with E-state index in [1.807, 2.05) is 25.1 Å². The number of hydrogen-bond acceptors (Lipinski definition) is 4. The highest BCUT2D eigenvalue weighted by Gasteiger charge is 2.59. The minimum absolute atomic E-state index is 0.439. The summed E-state index contributed by atoms with van der Waals surface area (Å²) in [6, 6.07) is 9.06. The number of carboxylic acid groups (broad SMARTS) is 1. The number of methoxy groups -OCH3 is 1. The van der Waals surface area contributed by atoms with Crippen LogP contribution in [0.4, 0.5) is 0 Å². The first-order chi connectivity index (χ1) is 10.6. The fourth-order valence-corrected chi connectivity index (χ4v) is 2.69. The molecule has 0 aliphatic carbocycles. The van der Waals surface area contributed by atoms with Crippen LogP contribution in [0.25, 0.3) is 0 Å². The molecule has 2 atom stereocenters. The summed E-state index contributed by atoms with van der Waals surface area (Å²) in [6.45, 7) is 5.95. The molecule has 2 unspecified atom stereocenters. The van der Waals surface area contributed by atoms with Gasteiger partial charge in [0.2, 0.25) is 0 Å². The molecule has 0 aliphatic heterocycles. The molecule has 0 spiro atoms. The maximum absolute atomic E-state index is 13.2. The van der Waals surface area contributed by atoms with E-state index in [0.29, 0.717) is 6.42 Å². The fourth-order valence-electron chi connectivity index (χ4n) is 2.69. The smallest absolute Gasteiger partial charge is 0.320 e. The number of esters is 1. The molecule has 0 bridgehead atoms. The Kier molecular flexibility index (Phi) is 5.70. The van der Waals surface area contributed by atoms with Crippen molar-refractivity contribution in [2.75, 3.05) is 7.11 Å². The normalized spacial score (nSPS) is 15.3. The van der Waals surface area contributed by atoms with Gasteiger partial charge in [-0.1, -0.05) is 37.3 Å². The number of carbonyl (C=O) groups is 3. The van der Waals surface area contributed by atoms with Crippen molar-refractivity contribution in [1.29, 1.82) is 0 Å². The van der Waals surface area contributed by atoms with E-state index in [1.165, 1.54) is 20.8 Å². The number of carbonyl (C=O) groups excluding carboxylic acids is 2. The van der Waals surface area contributed by atoms with Crippen molar-refractivity contribution >= 4 is 17.7 Å². The van der Waals surface area contributed by atoms with Crippen molar-refractivity contribution in [3.05, 3.63) is 35.9 Å². The standard InChI is InChI=1S/C18H24O5/c1-6-13(12-10-8-7-9-11-12)14(19)18(4,16(22)23-5)17(2,3)15(20)21/h7-11,13H,6H2,1-5H3,(H,20,21). The van der Waals surface area contributed by atoms with E-state index in [4.69, 9.17) is 4.74 Å². The SMILES string of the molecule is CCC(C(=O)C(C)(C(=O)OC)C(C)(C)C(=O)O)c1ccccc1. The monoisotopic (exact) mass is 320 g/mol. The molecule has 0 aliphatic rings. The quantitative estimate of drug-likeness (QED) is 0.617. The van der Waals surface area contributed by atoms with E-state index < -0.39 is 34.5 Å². The van der Waals surface area contributed by atoms with Crippen molar-refractivity contribution in [3.63, 3.8) is 0 Å². The fraction of sp³-hybridized carbons (Fsp3) is 0.500. The van der Waals surface area contributed by atoms with Gasteiger partial charge in [0.25, 0.3) is 0 Å². The van der Waals surface area contributed by atoms with Gasteiger partial charge >= 0.3 is 11.9 Å². The molecule has 1 N–H and O–H groups in total. The van der Waals surface area contributed by atoms with E-state index in [0.717, 1.165) is 12.7 Å². The van der Waals surface area contributed by atoms with E-state index in [2.05, 4.69) is 0 Å². The van der Waals surface area contributed by atoms with Crippen LogP contribution in [0, 0.1) is 10.8 Å². The van der Waals surface area contributed by atoms with Gasteiger partial charge in [0.15, 0.2) is 5.78 Å². The van der Waals surface area contributed by atoms with Crippen molar-refractivity contribution in [1.82, 2.24) is 0 Å². The number of carboxylic acids is 1. The molecule has 0 aromatic heterocycles. The van der Waals surface area contributed by atoms with Crippen molar-refractivity contribution in [3.8, 4) is 0 Å². The molecule has 5 heteroatoms. The third-order valence-corrected chi connectivity index (χ3v) is 4.80. The Hall–Kier alpha value is -2.17. The lowest BCUT2D eigenvalue weighted by Crippen LogP contribution is -2.54. The second-order valence-corrected chi connectivity index (χ2v) is 6.28. The van der Waals surface area contributed by atoms with Crippen molar-refractivity contribution in [2.24, 2.45) is 10.8 Å². The van der Waals surface area contributed by atoms with Crippen LogP contribution in [0.1, 0.15) is 45.6 Å². The summed E-state index contributed by atoms with van der Waals surface area (Å²) in [7, 11) is 1.16. The molecule has 0 amide bonds. The molecule has 0 saturated carbocycles. The number of ketones is 1. The highest BCUT2D eigenvalue weighted by Crippen LogP contribution is 2.45. The molecular formula is C18H24O5. The third kappa shape index (κ3) is 3.14. The van der Waals surface area contributed by atoms with Crippen LogP contribution in [0.3, 0.4) is 0 Å². The zero-order valence-corrected chi connectivity index (χ0v) is 14.3. The first-order valence-electron chi connectivity index (χ1n) is 7.55. The predicted molar refractivity (Wildman–Crippen MR) is 86.0 cm³/mol. The van der Waals surface area contributed by atoms with Gasteiger partial charge in [-0.2, -0.15) is 0 Å². The highest BCUT2D eigenvalue weighted by atomic mass is 16.5. The molecule has 0 saturated heterocycles. The Morgan fingerprint density at radius 2 is 1.65 bits per heavy atom. The molecule has 126 valence electrons. The summed E-state index contributed by atoms with van der Waals surface area (Å²) < 4.78 is 4.78. The Morgan fingerprint density at radius 1 is 1.13 bits per heavy atom. The summed E-state index contributed by atoms with van der Waals surface area (Å²) in [4.78, 5) is 37.2. The average Bonchev–Trinajstić information content (AvgIpc) is 2.54. The predicted octanol–water partition coefficient (Wildman–Crippen LogP) is 3.04. The molecule has 1 aromatic carbocycles. The van der Waals surface area contributed by atoms with E-state index in [9.17, 15) is 19.5 Å². The Balaban J connectivity index is 3.45. The molecule has 0 fully saturated rings. The van der Waals surface area contributed by atoms with Crippen LogP contribution in [-0.2, 0) is 19.1 Å². The zero-order chi connectivity index (χ0) is 17.8. The lowest BCUT2D eigenvalue weighted by atomic mass is 9.61. The second-order valence-electron chi connectivity index (χ2n) is 6.28. The molecule has 1 aromatic rings. The van der Waals surface area contributed by atoms with Gasteiger partial charge in [0, 0.05) is 5.92 Å². The summed E-state index contributed by atoms with van der Waals surface area (Å²) >= 11 is 0. The van der Waals surface area contributed by atoms with Gasteiger partial charge in [0.1, 0.15) is 5.41 Å². The number of hydrogen-bond donors (Lipinski definition) is 1. The van der Waals surface area contributed by atoms with Crippen molar-refractivity contribution < 1.29 is 24.2 Å². The molecule has 5 nitrogen and oxygen atoms in total. The van der Waals surface area contributed by atoms with E-state index >= 15 is 0 Å². The van der Waals surface area contributed by atoms with Crippen molar-refractivity contribution in [2.45, 2.75) is 40.0 Å². The molecule has 1 rings (SSSR count). The lowest BCUT2D eigenvalue weighted by Gasteiger charge is -2.39. The average molecular weight is 320 g/mol. The second kappa shape index (κ2) is 6.94. The molecule has 0 radical (unpaired) electrons. The molecule has 23 heavy (non-hydrogen) atoms. The van der Waals surface area contributed by atoms with Crippen LogP contribution in [-0.4, -0.2) is 29.9 Å². The summed E-state index contributed by atoms with van der Waals surface area (Å²) in [5.41, 5.74) is -2.62. The zero-order valence-electron chi connectivity index (χ0n) is 14.3. The Labute approximate surface area is 136 Å². The highest BCUT2D eigenvalue weighted by molar-refractivity contribution is 6.10. The van der Waals surface area contributed by atoms with Gasteiger partial charge < -0.3 is 9.84 Å². The maximum atomic E-state index is 13.2. The van der Waals surface area contributed by atoms with Crippen LogP contribution in [0.2, 0.25) is 0 Å². The first kappa shape index (κ1) is 18.9. The summed E-state index contributed by atoms with van der Waals surface area (Å²) in [5, 5.41) is 9.54. The lowest BCUT2D eigenvalue weighted by molar-refractivity contribution is -0.176. The number of aliphatic carboxylic acids is 1. The third-order valence-electron chi connectivity index (χ3n) is 4.80. The first-order valence-corrected chi connectivity index (χ1v) is 7.55. The largest absolute Gasteiger partial charge is 0.481 e. The minimum Gasteiger partial charge on any atom is -0.481 e. The summed E-state index contributed by atoms with van der Waals surface area (Å²) in [5.74, 6) is -3.06. The van der Waals surface area contributed by atoms with E-state index in [-0.39, 0.29) is 0 Å². The van der Waals surface area contributed by atoms with Gasteiger partial charge in [-0.25, -0.2) is 0 Å². The molecular weight excluding hydrogens is 296 g/mol. The minimum atomic E-state index is -1.79. The topological polar surface area (TPSA) is 80.7 Å². The van der Waals surface area contributed by atoms with Gasteiger partial charge in [0.05, 0.1) is 12.5 Å². The van der Waals surface area contributed by atoms with Gasteiger partial charge in [-0.05, 0) is 32.8 Å². The Bertz CT molecular complexity index is 591. The van der Waals surface area contributed by atoms with Crippen LogP contribution >= 0.6 is 0 Å². The van der Waals surface area contributed by atoms with Gasteiger partial charge in [-0.15, -0.1) is 0 Å². The Morgan fingerprint density at radius 3 is 2.04 bits per heavy atom. The molecule has 0 heterocycles. The van der Waals surface area contributed by atoms with Gasteiger partial charge in [-0.3, -0.25) is 14.4 Å². The van der Waals surface area contributed by atoms with Crippen LogP contribution in [0.5, 0.6) is 0 Å². The number of benzene rings is 1. The number of rotatable bonds is 7. The summed E-state index contributed by atoms with van der Waals surface area (Å²) in [6.07, 6.45) is 0.463. The van der Waals surface area contributed by atoms with E-state index in [1.54, 1.807) is 12.1 Å². The van der Waals surface area contributed by atoms with Crippen LogP contribution < -0.4 is 0 Å². The van der Waals surface area contributed by atoms with Crippen LogP contribution in [0.15, 0.2) is 30.3 Å². The number of Topliss-reactive ketones (excluding diaryl/α,β-unsaturated/α-hetero) is 1.